The van der Waals surface area contributed by atoms with Gasteiger partial charge in [0.1, 0.15) is 0 Å². The molecular formula is C78H180O5. The van der Waals surface area contributed by atoms with Gasteiger partial charge in [0.2, 0.25) is 0 Å². The third kappa shape index (κ3) is 187. The van der Waals surface area contributed by atoms with E-state index < -0.39 is 0 Å². The van der Waals surface area contributed by atoms with Gasteiger partial charge in [-0.15, -0.1) is 0 Å². The van der Waals surface area contributed by atoms with Gasteiger partial charge >= 0.3 is 0 Å². The van der Waals surface area contributed by atoms with Crippen LogP contribution in [0.1, 0.15) is 397 Å². The normalized spacial score (nSPS) is 12.0. The van der Waals surface area contributed by atoms with Crippen LogP contribution in [0.4, 0.5) is 0 Å². The molecule has 0 amide bonds. The van der Waals surface area contributed by atoms with Crippen LogP contribution in [0.5, 0.6) is 0 Å². The lowest BCUT2D eigenvalue weighted by molar-refractivity contribution is -0.00726. The lowest BCUT2D eigenvalue weighted by atomic mass is 9.81. The maximum absolute atomic E-state index is 5.64. The first-order valence-corrected chi connectivity index (χ1v) is 34.8. The number of hydrogen-bond donors (Lipinski definition) is 0. The molecule has 0 aromatic heterocycles. The van der Waals surface area contributed by atoms with Gasteiger partial charge in [0.25, 0.3) is 0 Å². The van der Waals surface area contributed by atoms with Gasteiger partial charge in [0.05, 0.1) is 31.0 Å². The molecule has 0 unspecified atom stereocenters. The zero-order chi connectivity index (χ0) is 70.3. The zero-order valence-electron chi connectivity index (χ0n) is 68.8. The van der Waals surface area contributed by atoms with E-state index in [4.69, 9.17) is 23.7 Å². The van der Waals surface area contributed by atoms with E-state index in [1.165, 1.54) is 44.9 Å². The van der Waals surface area contributed by atoms with E-state index in [-0.39, 0.29) is 11.2 Å². The lowest BCUT2D eigenvalue weighted by Crippen LogP contribution is -2.21. The Balaban J connectivity index is -0.0000000702. The van der Waals surface area contributed by atoms with Crippen LogP contribution in [0.2, 0.25) is 0 Å². The first kappa shape index (κ1) is 111. The summed E-state index contributed by atoms with van der Waals surface area (Å²) < 4.78 is 28.0. The van der Waals surface area contributed by atoms with Crippen LogP contribution in [0.25, 0.3) is 0 Å². The highest BCUT2D eigenvalue weighted by Gasteiger charge is 2.18. The minimum atomic E-state index is 0.0257. The molecule has 0 atom stereocenters. The molecule has 0 aromatic rings. The molecule has 0 radical (unpaired) electrons. The standard InChI is InChI=1S/2C12H26O.2C11H24O.C10H22O.C10H22.6C2H6/c1-11(2,3)7-9-13-10-8-12(4,5)6;1-11(2,3)9-7-8-10-13-12(4,5)6;1-10(2,3)7-8-12-9-11(4,5)6;1-10(2,3)8-7-9-12-11(4,5)6;1-9(2,3)7-11-8-10(4,5)6;1-9(2,3)7-8-10(4,5)6;6*1-2/h2*7-10H2,1-6H3;2*7-9H2,1-6H3;7-8H2,1-6H3;7-8H2,1-6H3;6*1-2H3. The first-order valence-electron chi connectivity index (χ1n) is 34.8. The minimum Gasteiger partial charge on any atom is -0.381 e. The van der Waals surface area contributed by atoms with E-state index in [0.717, 1.165) is 72.1 Å². The summed E-state index contributed by atoms with van der Waals surface area (Å²) in [6, 6.07) is 0. The average molecular weight is 1200 g/mol. The molecular weight excluding hydrogens is 1020 g/mol. The second kappa shape index (κ2) is 59.4. The second-order valence-electron chi connectivity index (χ2n) is 35.0. The Morgan fingerprint density at radius 3 is 0.566 bits per heavy atom. The van der Waals surface area contributed by atoms with Crippen LogP contribution < -0.4 is 0 Å². The molecule has 5 nitrogen and oxygen atoms in total. The number of unbranched alkanes of at least 4 members (excludes halogenated alkanes) is 1. The lowest BCUT2D eigenvalue weighted by Gasteiger charge is -2.24. The molecule has 0 fully saturated rings. The van der Waals surface area contributed by atoms with Gasteiger partial charge in [0.15, 0.2) is 0 Å². The van der Waals surface area contributed by atoms with Crippen molar-refractivity contribution in [3.8, 4) is 0 Å². The Kier molecular flexibility index (Phi) is 79.1. The van der Waals surface area contributed by atoms with Crippen molar-refractivity contribution in [2.45, 2.75) is 408 Å². The maximum atomic E-state index is 5.64. The fourth-order valence-corrected chi connectivity index (χ4v) is 5.15. The summed E-state index contributed by atoms with van der Waals surface area (Å²) in [5, 5.41) is 0. The average Bonchev–Trinajstić information content (AvgIpc) is 3.27. The third-order valence-corrected chi connectivity index (χ3v) is 9.68. The van der Waals surface area contributed by atoms with Crippen molar-refractivity contribution in [3.05, 3.63) is 0 Å². The Bertz CT molecular complexity index is 1000. The fraction of sp³-hybridized carbons (Fsp3) is 1.00. The number of hydrogen-bond acceptors (Lipinski definition) is 5. The van der Waals surface area contributed by atoms with Crippen LogP contribution in [-0.2, 0) is 23.7 Å². The summed E-state index contributed by atoms with van der Waals surface area (Å²) >= 11 is 0. The van der Waals surface area contributed by atoms with Crippen LogP contribution in [-0.4, -0.2) is 64.1 Å². The summed E-state index contributed by atoms with van der Waals surface area (Å²) in [6.45, 7) is 111. The summed E-state index contributed by atoms with van der Waals surface area (Å²) in [4.78, 5) is 0. The van der Waals surface area contributed by atoms with E-state index in [1.54, 1.807) is 0 Å². The highest BCUT2D eigenvalue weighted by Crippen LogP contribution is 2.30. The molecule has 0 spiro atoms. The molecule has 5 heteroatoms. The predicted molar refractivity (Wildman–Crippen MR) is 393 cm³/mol. The molecule has 0 saturated heterocycles. The molecule has 0 bridgehead atoms. The number of rotatable bonds is 17. The number of ether oxygens (including phenoxy) is 5. The zero-order valence-corrected chi connectivity index (χ0v) is 68.8. The maximum Gasteiger partial charge on any atom is 0.0598 e. The molecule has 0 N–H and O–H groups in total. The fourth-order valence-electron chi connectivity index (χ4n) is 5.15. The van der Waals surface area contributed by atoms with Gasteiger partial charge < -0.3 is 23.7 Å². The highest BCUT2D eigenvalue weighted by molar-refractivity contribution is 4.69. The highest BCUT2D eigenvalue weighted by atomic mass is 16.5. The van der Waals surface area contributed by atoms with Crippen molar-refractivity contribution < 1.29 is 23.7 Å². The molecule has 0 aliphatic rings. The molecule has 0 aromatic carbocycles. The largest absolute Gasteiger partial charge is 0.381 e. The second-order valence-corrected chi connectivity index (χ2v) is 35.0. The first-order chi connectivity index (χ1) is 36.7. The van der Waals surface area contributed by atoms with Crippen molar-refractivity contribution in [1.82, 2.24) is 0 Å². The van der Waals surface area contributed by atoms with Crippen LogP contribution in [0.3, 0.4) is 0 Å². The molecule has 0 aliphatic carbocycles. The van der Waals surface area contributed by atoms with E-state index in [1.807, 2.05) is 83.1 Å². The van der Waals surface area contributed by atoms with E-state index in [2.05, 4.69) is 249 Å². The Labute approximate surface area is 535 Å². The van der Waals surface area contributed by atoms with Crippen LogP contribution in [0, 0.1) is 54.1 Å². The van der Waals surface area contributed by atoms with Gasteiger partial charge in [-0.05, 0) is 153 Å². The van der Waals surface area contributed by atoms with E-state index in [9.17, 15) is 0 Å². The Morgan fingerprint density at radius 2 is 0.361 bits per heavy atom. The molecule has 83 heavy (non-hydrogen) atoms. The van der Waals surface area contributed by atoms with Gasteiger partial charge in [-0.1, -0.05) is 297 Å². The van der Waals surface area contributed by atoms with Crippen molar-refractivity contribution in [2.75, 3.05) is 52.9 Å². The molecule has 522 valence electrons. The summed E-state index contributed by atoms with van der Waals surface area (Å²) in [5.41, 5.74) is 4.10. The summed E-state index contributed by atoms with van der Waals surface area (Å²) in [7, 11) is 0. The minimum absolute atomic E-state index is 0.0257. The molecule has 0 heterocycles. The van der Waals surface area contributed by atoms with Gasteiger partial charge in [-0.2, -0.15) is 0 Å². The van der Waals surface area contributed by atoms with Gasteiger partial charge in [0, 0.05) is 33.0 Å². The van der Waals surface area contributed by atoms with Gasteiger partial charge in [-0.25, -0.2) is 0 Å². The Hall–Kier alpha value is -0.200. The van der Waals surface area contributed by atoms with Crippen LogP contribution >= 0.6 is 0 Å². The van der Waals surface area contributed by atoms with Crippen molar-refractivity contribution >= 4 is 0 Å². The van der Waals surface area contributed by atoms with Crippen molar-refractivity contribution in [1.29, 1.82) is 0 Å². The third-order valence-electron chi connectivity index (χ3n) is 9.68. The smallest absolute Gasteiger partial charge is 0.0598 e. The molecule has 0 rings (SSSR count). The predicted octanol–water partition coefficient (Wildman–Crippen LogP) is 28.1. The Morgan fingerprint density at radius 1 is 0.169 bits per heavy atom. The van der Waals surface area contributed by atoms with Crippen molar-refractivity contribution in [3.63, 3.8) is 0 Å². The summed E-state index contributed by atoms with van der Waals surface area (Å²) in [6.07, 6.45) is 12.3. The SMILES string of the molecule is CC.CC.CC.CC.CC.CC.CC(C)(C)CCC(C)(C)C.CC(C)(C)CCCCOC(C)(C)C.CC(C)(C)CCCOC(C)(C)C.CC(C)(C)CCOCC(C)(C)C.CC(C)(C)CCOCCC(C)(C)C.CC(C)(C)COCC(C)(C)C. The molecule has 0 aliphatic heterocycles. The van der Waals surface area contributed by atoms with Gasteiger partial charge in [-0.3, -0.25) is 0 Å². The van der Waals surface area contributed by atoms with E-state index >= 15 is 0 Å². The topological polar surface area (TPSA) is 46.2 Å². The molecule has 0 saturated carbocycles. The quantitative estimate of drug-likeness (QED) is 0.136. The summed E-state index contributed by atoms with van der Waals surface area (Å²) in [5.74, 6) is 0. The van der Waals surface area contributed by atoms with E-state index in [0.29, 0.717) is 54.1 Å². The van der Waals surface area contributed by atoms with Crippen LogP contribution in [0.15, 0.2) is 0 Å². The van der Waals surface area contributed by atoms with Crippen molar-refractivity contribution in [2.24, 2.45) is 54.1 Å². The monoisotopic (exact) mass is 1200 g/mol.